The Labute approximate surface area is 134 Å². The Morgan fingerprint density at radius 1 is 0.818 bits per heavy atom. The summed E-state index contributed by atoms with van der Waals surface area (Å²) in [5, 5.41) is 26.3. The first-order chi connectivity index (χ1) is 10.7. The first kappa shape index (κ1) is 20.9. The molecule has 0 bridgehead atoms. The van der Waals surface area contributed by atoms with Gasteiger partial charge < -0.3 is 15.3 Å². The molecule has 1 unspecified atom stereocenters. The predicted molar refractivity (Wildman–Crippen MR) is 89.8 cm³/mol. The van der Waals surface area contributed by atoms with Gasteiger partial charge in [0.25, 0.3) is 0 Å². The molecule has 0 heterocycles. The zero-order valence-corrected chi connectivity index (χ0v) is 13.6. The molecule has 0 aromatic carbocycles. The molecule has 22 heavy (non-hydrogen) atoms. The van der Waals surface area contributed by atoms with Crippen molar-refractivity contribution in [2.45, 2.75) is 76.7 Å². The van der Waals surface area contributed by atoms with Gasteiger partial charge in [0.15, 0.2) is 6.10 Å². The van der Waals surface area contributed by atoms with E-state index >= 15 is 0 Å². The summed E-state index contributed by atoms with van der Waals surface area (Å²) in [5.74, 6) is -1.12. The second-order valence-corrected chi connectivity index (χ2v) is 5.63. The summed E-state index contributed by atoms with van der Waals surface area (Å²) >= 11 is 0. The molecule has 0 aromatic rings. The molecule has 3 N–H and O–H groups in total. The number of hydrogen-bond acceptors (Lipinski definition) is 3. The quantitative estimate of drug-likeness (QED) is 0.317. The van der Waals surface area contributed by atoms with Gasteiger partial charge in [-0.3, -0.25) is 0 Å². The zero-order chi connectivity index (χ0) is 16.5. The smallest absolute Gasteiger partial charge is 0.332 e. The van der Waals surface area contributed by atoms with Gasteiger partial charge in [0, 0.05) is 6.61 Å². The summed E-state index contributed by atoms with van der Waals surface area (Å²) in [5.41, 5.74) is 0. The average Bonchev–Trinajstić information content (AvgIpc) is 2.50. The van der Waals surface area contributed by atoms with E-state index in [1.165, 1.54) is 12.8 Å². The van der Waals surface area contributed by atoms with Crippen molar-refractivity contribution in [2.24, 2.45) is 0 Å². The highest BCUT2D eigenvalue weighted by Gasteiger charge is 2.11. The Morgan fingerprint density at radius 2 is 1.32 bits per heavy atom. The van der Waals surface area contributed by atoms with E-state index in [0.29, 0.717) is 13.0 Å². The van der Waals surface area contributed by atoms with Crippen LogP contribution in [0, 0.1) is 0 Å². The fraction of sp³-hybridized carbons (Fsp3) is 0.722. The van der Waals surface area contributed by atoms with Gasteiger partial charge in [-0.25, -0.2) is 4.79 Å². The molecule has 0 fully saturated rings. The highest BCUT2D eigenvalue weighted by Crippen LogP contribution is 2.08. The van der Waals surface area contributed by atoms with E-state index in [0.717, 1.165) is 51.4 Å². The van der Waals surface area contributed by atoms with Crippen LogP contribution >= 0.6 is 0 Å². The van der Waals surface area contributed by atoms with Crippen molar-refractivity contribution in [3.63, 3.8) is 0 Å². The summed E-state index contributed by atoms with van der Waals surface area (Å²) in [6.45, 7) is 0.304. The Kier molecular flexibility index (Phi) is 15.4. The summed E-state index contributed by atoms with van der Waals surface area (Å²) in [6.07, 6.45) is 18.1. The zero-order valence-electron chi connectivity index (χ0n) is 13.6. The molecule has 128 valence electrons. The minimum absolute atomic E-state index is 0.304. The molecule has 0 aromatic heterocycles. The molecular weight excluding hydrogens is 280 g/mol. The molecule has 0 rings (SSSR count). The van der Waals surface area contributed by atoms with Gasteiger partial charge in [-0.2, -0.15) is 0 Å². The molecular formula is C18H32O4. The van der Waals surface area contributed by atoms with Gasteiger partial charge >= 0.3 is 5.97 Å². The SMILES string of the molecule is O=C(O)C(O)CCCCCCC=CC=CCCCCCCO. The van der Waals surface area contributed by atoms with Crippen molar-refractivity contribution in [3.05, 3.63) is 24.3 Å². The lowest BCUT2D eigenvalue weighted by atomic mass is 10.1. The number of carboxylic acid groups (broad SMARTS) is 1. The molecule has 0 amide bonds. The molecule has 0 aliphatic rings. The number of allylic oxidation sites excluding steroid dienone is 4. The van der Waals surface area contributed by atoms with Crippen LogP contribution in [0.2, 0.25) is 0 Å². The molecule has 0 saturated carbocycles. The molecule has 0 aliphatic carbocycles. The number of carboxylic acids is 1. The first-order valence-electron chi connectivity index (χ1n) is 8.52. The number of hydrogen-bond donors (Lipinski definition) is 3. The first-order valence-corrected chi connectivity index (χ1v) is 8.52. The van der Waals surface area contributed by atoms with Crippen LogP contribution in [0.25, 0.3) is 0 Å². The second kappa shape index (κ2) is 16.2. The summed E-state index contributed by atoms with van der Waals surface area (Å²) in [4.78, 5) is 10.4. The van der Waals surface area contributed by atoms with E-state index in [4.69, 9.17) is 15.3 Å². The van der Waals surface area contributed by atoms with Gasteiger partial charge in [0.1, 0.15) is 0 Å². The minimum Gasteiger partial charge on any atom is -0.479 e. The maximum absolute atomic E-state index is 10.4. The standard InChI is InChI=1S/C18H32O4/c19-16-14-12-10-8-6-4-2-1-3-5-7-9-11-13-15-17(20)18(21)22/h1-4,17,19-20H,5-16H2,(H,21,22). The van der Waals surface area contributed by atoms with Crippen LogP contribution in [0.3, 0.4) is 0 Å². The number of unbranched alkanes of at least 4 members (excludes halogenated alkanes) is 8. The van der Waals surface area contributed by atoms with Crippen molar-refractivity contribution < 1.29 is 20.1 Å². The normalized spacial score (nSPS) is 13.2. The number of aliphatic hydroxyl groups excluding tert-OH is 2. The minimum atomic E-state index is -1.20. The molecule has 1 atom stereocenters. The lowest BCUT2D eigenvalue weighted by molar-refractivity contribution is -0.146. The maximum atomic E-state index is 10.4. The Bertz CT molecular complexity index is 310. The van der Waals surface area contributed by atoms with Crippen molar-refractivity contribution in [3.8, 4) is 0 Å². The molecule has 0 radical (unpaired) electrons. The summed E-state index contributed by atoms with van der Waals surface area (Å²) < 4.78 is 0. The largest absolute Gasteiger partial charge is 0.479 e. The molecule has 4 nitrogen and oxygen atoms in total. The van der Waals surface area contributed by atoms with E-state index in [-0.39, 0.29) is 0 Å². The Hall–Kier alpha value is -1.13. The van der Waals surface area contributed by atoms with Crippen LogP contribution < -0.4 is 0 Å². The predicted octanol–water partition coefficient (Wildman–Crippen LogP) is 3.83. The fourth-order valence-corrected chi connectivity index (χ4v) is 2.15. The van der Waals surface area contributed by atoms with E-state index in [1.807, 2.05) is 0 Å². The molecule has 0 aliphatic heterocycles. The van der Waals surface area contributed by atoms with Gasteiger partial charge in [-0.1, -0.05) is 56.4 Å². The van der Waals surface area contributed by atoms with Gasteiger partial charge in [0.2, 0.25) is 0 Å². The van der Waals surface area contributed by atoms with Crippen molar-refractivity contribution in [1.29, 1.82) is 0 Å². The van der Waals surface area contributed by atoms with Crippen molar-refractivity contribution >= 4 is 5.97 Å². The van der Waals surface area contributed by atoms with Crippen LogP contribution in [-0.2, 0) is 4.79 Å². The fourth-order valence-electron chi connectivity index (χ4n) is 2.15. The number of carbonyl (C=O) groups is 1. The highest BCUT2D eigenvalue weighted by atomic mass is 16.4. The summed E-state index contributed by atoms with van der Waals surface area (Å²) in [7, 11) is 0. The topological polar surface area (TPSA) is 77.8 Å². The Morgan fingerprint density at radius 3 is 1.82 bits per heavy atom. The lowest BCUT2D eigenvalue weighted by Crippen LogP contribution is -2.18. The number of rotatable bonds is 15. The highest BCUT2D eigenvalue weighted by molar-refractivity contribution is 5.71. The average molecular weight is 312 g/mol. The molecule has 0 spiro atoms. The number of aliphatic carboxylic acids is 1. The van der Waals surface area contributed by atoms with Gasteiger partial charge in [0.05, 0.1) is 0 Å². The van der Waals surface area contributed by atoms with Crippen molar-refractivity contribution in [1.82, 2.24) is 0 Å². The molecule has 0 saturated heterocycles. The summed E-state index contributed by atoms with van der Waals surface area (Å²) in [6, 6.07) is 0. The van der Waals surface area contributed by atoms with Gasteiger partial charge in [-0.15, -0.1) is 0 Å². The lowest BCUT2D eigenvalue weighted by Gasteiger charge is -2.04. The maximum Gasteiger partial charge on any atom is 0.332 e. The second-order valence-electron chi connectivity index (χ2n) is 5.63. The van der Waals surface area contributed by atoms with E-state index < -0.39 is 12.1 Å². The third-order valence-corrected chi connectivity index (χ3v) is 3.55. The van der Waals surface area contributed by atoms with E-state index in [2.05, 4.69) is 24.3 Å². The van der Waals surface area contributed by atoms with E-state index in [1.54, 1.807) is 0 Å². The third-order valence-electron chi connectivity index (χ3n) is 3.55. The monoisotopic (exact) mass is 312 g/mol. The van der Waals surface area contributed by atoms with E-state index in [9.17, 15) is 4.79 Å². The third kappa shape index (κ3) is 15.3. The number of aliphatic hydroxyl groups is 2. The van der Waals surface area contributed by atoms with Crippen LogP contribution in [0.5, 0.6) is 0 Å². The van der Waals surface area contributed by atoms with Crippen LogP contribution in [0.1, 0.15) is 70.6 Å². The Balaban J connectivity index is 3.28. The van der Waals surface area contributed by atoms with Gasteiger partial charge in [-0.05, 0) is 38.5 Å². The van der Waals surface area contributed by atoms with Crippen LogP contribution in [0.15, 0.2) is 24.3 Å². The van der Waals surface area contributed by atoms with Crippen LogP contribution in [0.4, 0.5) is 0 Å². The van der Waals surface area contributed by atoms with Crippen LogP contribution in [-0.4, -0.2) is 34.0 Å². The van der Waals surface area contributed by atoms with Crippen molar-refractivity contribution in [2.75, 3.05) is 6.61 Å². The molecule has 4 heteroatoms.